The van der Waals surface area contributed by atoms with Crippen LogP contribution >= 0.6 is 0 Å². The van der Waals surface area contributed by atoms with E-state index in [1.54, 1.807) is 0 Å². The first-order chi connectivity index (χ1) is 14.4. The van der Waals surface area contributed by atoms with Crippen molar-refractivity contribution in [3.8, 4) is 0 Å². The number of likely N-dealkylation sites (tertiary alicyclic amines) is 1. The molecule has 0 aromatic carbocycles. The number of urea groups is 1. The van der Waals surface area contributed by atoms with Crippen molar-refractivity contribution in [3.63, 3.8) is 0 Å². The Morgan fingerprint density at radius 3 is 2.73 bits per heavy atom. The van der Waals surface area contributed by atoms with Gasteiger partial charge in [0.25, 0.3) is 0 Å². The van der Waals surface area contributed by atoms with Gasteiger partial charge in [0.05, 0.1) is 11.4 Å². The van der Waals surface area contributed by atoms with Gasteiger partial charge in [-0.25, -0.2) is 4.79 Å². The summed E-state index contributed by atoms with van der Waals surface area (Å²) in [6.45, 7) is 8.29. The summed E-state index contributed by atoms with van der Waals surface area (Å²) in [6.07, 6.45) is 10.4. The number of unbranched alkanes of at least 4 members (excludes halogenated alkanes) is 2. The lowest BCUT2D eigenvalue weighted by atomic mass is 10.0. The number of aryl methyl sites for hydroxylation is 2. The molecular formula is C24H34N4O2. The number of allylic oxidation sites excluding steroid dienone is 3. The van der Waals surface area contributed by atoms with E-state index >= 15 is 0 Å². The molecule has 2 heterocycles. The Hall–Kier alpha value is -2.63. The lowest BCUT2D eigenvalue weighted by Crippen LogP contribution is -2.30. The molecule has 1 aromatic heterocycles. The Morgan fingerprint density at radius 2 is 2.00 bits per heavy atom. The Bertz CT molecular complexity index is 844. The second-order valence-corrected chi connectivity index (χ2v) is 8.49. The molecule has 0 spiro atoms. The van der Waals surface area contributed by atoms with E-state index in [9.17, 15) is 9.59 Å². The van der Waals surface area contributed by atoms with Crippen molar-refractivity contribution in [2.24, 2.45) is 5.92 Å². The lowest BCUT2D eigenvalue weighted by Gasteiger charge is -2.18. The molecule has 30 heavy (non-hydrogen) atoms. The quantitative estimate of drug-likeness (QED) is 0.620. The minimum atomic E-state index is -0.181. The molecule has 1 atom stereocenters. The average Bonchev–Trinajstić information content (AvgIpc) is 3.35. The maximum atomic E-state index is 12.6. The summed E-state index contributed by atoms with van der Waals surface area (Å²) in [5.74, 6) is 0.840. The number of pyridine rings is 1. The topological polar surface area (TPSA) is 74.3 Å². The summed E-state index contributed by atoms with van der Waals surface area (Å²) < 4.78 is 0. The number of rotatable bonds is 8. The molecule has 6 heteroatoms. The van der Waals surface area contributed by atoms with Crippen LogP contribution in [0.15, 0.2) is 35.4 Å². The van der Waals surface area contributed by atoms with Gasteiger partial charge in [-0.2, -0.15) is 0 Å². The number of amides is 3. The Kier molecular flexibility index (Phi) is 7.66. The summed E-state index contributed by atoms with van der Waals surface area (Å²) in [5, 5.41) is 5.77. The van der Waals surface area contributed by atoms with Crippen LogP contribution in [0.3, 0.4) is 0 Å². The monoisotopic (exact) mass is 410 g/mol. The van der Waals surface area contributed by atoms with Gasteiger partial charge in [-0.05, 0) is 70.1 Å². The van der Waals surface area contributed by atoms with Gasteiger partial charge in [0.1, 0.15) is 0 Å². The van der Waals surface area contributed by atoms with Gasteiger partial charge < -0.3 is 15.5 Å². The third-order valence-electron chi connectivity index (χ3n) is 6.05. The number of nitrogens with zero attached hydrogens (tertiary/aromatic N) is 2. The smallest absolute Gasteiger partial charge is 0.319 e. The zero-order valence-corrected chi connectivity index (χ0v) is 18.5. The van der Waals surface area contributed by atoms with Gasteiger partial charge in [-0.1, -0.05) is 25.0 Å². The van der Waals surface area contributed by atoms with Gasteiger partial charge in [-0.3, -0.25) is 9.78 Å². The van der Waals surface area contributed by atoms with Crippen molar-refractivity contribution >= 4 is 17.6 Å². The van der Waals surface area contributed by atoms with E-state index in [0.717, 1.165) is 79.8 Å². The first-order valence-corrected chi connectivity index (χ1v) is 11.1. The summed E-state index contributed by atoms with van der Waals surface area (Å²) in [5.41, 5.74) is 4.60. The SMILES string of the molecule is CC1=C(C(=O)N2CCC(CCCCCNC(=O)Nc3ccc(C)nc3C)C2)CC=C1. The number of hydrogen-bond acceptors (Lipinski definition) is 3. The van der Waals surface area contributed by atoms with E-state index < -0.39 is 0 Å². The highest BCUT2D eigenvalue weighted by Gasteiger charge is 2.28. The molecule has 0 radical (unpaired) electrons. The van der Waals surface area contributed by atoms with Crippen molar-refractivity contribution < 1.29 is 9.59 Å². The van der Waals surface area contributed by atoms with E-state index in [2.05, 4.69) is 21.7 Å². The molecule has 1 aromatic rings. The molecular weight excluding hydrogens is 376 g/mol. The van der Waals surface area contributed by atoms with Crippen molar-refractivity contribution in [1.82, 2.24) is 15.2 Å². The lowest BCUT2D eigenvalue weighted by molar-refractivity contribution is -0.126. The highest BCUT2D eigenvalue weighted by Crippen LogP contribution is 2.27. The van der Waals surface area contributed by atoms with Crippen LogP contribution < -0.4 is 10.6 Å². The maximum absolute atomic E-state index is 12.6. The normalized spacial score (nSPS) is 18.2. The van der Waals surface area contributed by atoms with Crippen molar-refractivity contribution in [2.45, 2.75) is 59.3 Å². The number of aromatic nitrogens is 1. The Morgan fingerprint density at radius 1 is 1.17 bits per heavy atom. The average molecular weight is 411 g/mol. The second kappa shape index (κ2) is 10.4. The van der Waals surface area contributed by atoms with Crippen LogP contribution in [0.25, 0.3) is 0 Å². The maximum Gasteiger partial charge on any atom is 0.319 e. The van der Waals surface area contributed by atoms with Crippen LogP contribution in [0.4, 0.5) is 10.5 Å². The summed E-state index contributed by atoms with van der Waals surface area (Å²) in [4.78, 5) is 31.0. The summed E-state index contributed by atoms with van der Waals surface area (Å²) in [7, 11) is 0. The molecule has 6 nitrogen and oxygen atoms in total. The van der Waals surface area contributed by atoms with E-state index in [1.807, 2.05) is 43.9 Å². The van der Waals surface area contributed by atoms with Crippen molar-refractivity contribution in [2.75, 3.05) is 25.0 Å². The van der Waals surface area contributed by atoms with Crippen LogP contribution in [0.5, 0.6) is 0 Å². The molecule has 1 saturated heterocycles. The summed E-state index contributed by atoms with van der Waals surface area (Å²) in [6, 6.07) is 3.59. The van der Waals surface area contributed by atoms with Gasteiger partial charge in [0.15, 0.2) is 0 Å². The molecule has 1 unspecified atom stereocenters. The third-order valence-corrected chi connectivity index (χ3v) is 6.05. The number of carbonyl (C=O) groups is 2. The molecule has 3 amide bonds. The molecule has 1 aliphatic heterocycles. The first-order valence-electron chi connectivity index (χ1n) is 11.1. The van der Waals surface area contributed by atoms with Crippen molar-refractivity contribution in [1.29, 1.82) is 0 Å². The fraction of sp³-hybridized carbons (Fsp3) is 0.542. The van der Waals surface area contributed by atoms with Gasteiger partial charge in [0.2, 0.25) is 5.91 Å². The highest BCUT2D eigenvalue weighted by atomic mass is 16.2. The molecule has 1 aliphatic carbocycles. The van der Waals surface area contributed by atoms with Crippen LogP contribution in [-0.2, 0) is 4.79 Å². The second-order valence-electron chi connectivity index (χ2n) is 8.49. The number of carbonyl (C=O) groups excluding carboxylic acids is 2. The first kappa shape index (κ1) is 22.1. The number of anilines is 1. The molecule has 162 valence electrons. The Balaban J connectivity index is 1.26. The standard InChI is InChI=1S/C24H34N4O2/c1-17-8-7-10-21(17)23(29)28-15-13-20(16-28)9-5-4-6-14-25-24(30)27-22-12-11-18(2)26-19(22)3/h7-8,11-12,20H,4-6,9-10,13-16H2,1-3H3,(H2,25,27,30). The summed E-state index contributed by atoms with van der Waals surface area (Å²) >= 11 is 0. The van der Waals surface area contributed by atoms with E-state index in [4.69, 9.17) is 0 Å². The molecule has 3 rings (SSSR count). The van der Waals surface area contributed by atoms with Crippen molar-refractivity contribution in [3.05, 3.63) is 46.8 Å². The molecule has 2 N–H and O–H groups in total. The number of hydrogen-bond donors (Lipinski definition) is 2. The van der Waals surface area contributed by atoms with E-state index in [0.29, 0.717) is 12.5 Å². The van der Waals surface area contributed by atoms with E-state index in [-0.39, 0.29) is 11.9 Å². The number of nitrogens with one attached hydrogen (secondary N) is 2. The largest absolute Gasteiger partial charge is 0.339 e. The highest BCUT2D eigenvalue weighted by molar-refractivity contribution is 5.95. The zero-order chi connectivity index (χ0) is 21.5. The predicted molar refractivity (Wildman–Crippen MR) is 120 cm³/mol. The fourth-order valence-electron chi connectivity index (χ4n) is 4.24. The Labute approximate surface area is 179 Å². The van der Waals surface area contributed by atoms with Crippen LogP contribution in [-0.4, -0.2) is 41.5 Å². The predicted octanol–water partition coefficient (Wildman–Crippen LogP) is 4.51. The molecule has 0 saturated carbocycles. The van der Waals surface area contributed by atoms with Crippen LogP contribution in [0.1, 0.15) is 56.8 Å². The minimum absolute atomic E-state index is 0.181. The van der Waals surface area contributed by atoms with Gasteiger partial charge in [-0.15, -0.1) is 0 Å². The van der Waals surface area contributed by atoms with Crippen LogP contribution in [0, 0.1) is 19.8 Å². The molecule has 2 aliphatic rings. The third kappa shape index (κ3) is 5.94. The van der Waals surface area contributed by atoms with Gasteiger partial charge >= 0.3 is 6.03 Å². The minimum Gasteiger partial charge on any atom is -0.339 e. The molecule has 1 fully saturated rings. The van der Waals surface area contributed by atoms with Crippen LogP contribution in [0.2, 0.25) is 0 Å². The fourth-order valence-corrected chi connectivity index (χ4v) is 4.24. The van der Waals surface area contributed by atoms with Gasteiger partial charge in [0, 0.05) is 30.9 Å². The molecule has 0 bridgehead atoms. The van der Waals surface area contributed by atoms with E-state index in [1.165, 1.54) is 0 Å². The zero-order valence-electron chi connectivity index (χ0n) is 18.5.